The highest BCUT2D eigenvalue weighted by Crippen LogP contribution is 2.31. The van der Waals surface area contributed by atoms with Crippen LogP contribution in [-0.2, 0) is 11.2 Å². The molecule has 104 valence electrons. The molecule has 0 aromatic carbocycles. The molecule has 1 heterocycles. The van der Waals surface area contributed by atoms with Crippen LogP contribution in [0, 0.1) is 0 Å². The Morgan fingerprint density at radius 1 is 1.37 bits per heavy atom. The molecule has 0 bridgehead atoms. The topological polar surface area (TPSA) is 42.0 Å². The molecule has 1 N–H and O–H groups in total. The quantitative estimate of drug-likeness (QED) is 0.903. The van der Waals surface area contributed by atoms with Crippen LogP contribution in [0.4, 0.5) is 0 Å². The monoisotopic (exact) mass is 324 g/mol. The summed E-state index contributed by atoms with van der Waals surface area (Å²) in [5.41, 5.74) is 1.02. The number of ketones is 1. The number of hydrogen-bond acceptors (Lipinski definition) is 3. The summed E-state index contributed by atoms with van der Waals surface area (Å²) in [6, 6.07) is 1.97. The van der Waals surface area contributed by atoms with Gasteiger partial charge >= 0.3 is 0 Å². The molecule has 1 aromatic rings. The van der Waals surface area contributed by atoms with Crippen molar-refractivity contribution in [3.63, 3.8) is 0 Å². The summed E-state index contributed by atoms with van der Waals surface area (Å²) in [7, 11) is 1.99. The van der Waals surface area contributed by atoms with E-state index >= 15 is 0 Å². The van der Waals surface area contributed by atoms with E-state index in [-0.39, 0.29) is 5.54 Å². The van der Waals surface area contributed by atoms with Crippen LogP contribution in [0.5, 0.6) is 0 Å². The third kappa shape index (κ3) is 4.11. The lowest BCUT2D eigenvalue weighted by Crippen LogP contribution is -2.46. The van der Waals surface area contributed by atoms with Crippen LogP contribution in [0.15, 0.2) is 22.9 Å². The second-order valence-corrected chi connectivity index (χ2v) is 6.41. The molecule has 4 heteroatoms. The van der Waals surface area contributed by atoms with Crippen LogP contribution in [0.1, 0.15) is 44.1 Å². The molecule has 0 aliphatic heterocycles. The Morgan fingerprint density at radius 3 is 2.74 bits per heavy atom. The number of carbonyl (C=O) groups is 1. The van der Waals surface area contributed by atoms with Crippen molar-refractivity contribution < 1.29 is 4.79 Å². The number of carbonyl (C=O) groups excluding carboxylic acids is 1. The molecule has 3 nitrogen and oxygen atoms in total. The van der Waals surface area contributed by atoms with E-state index in [2.05, 4.69) is 26.2 Å². The van der Waals surface area contributed by atoms with Gasteiger partial charge in [-0.05, 0) is 47.4 Å². The van der Waals surface area contributed by atoms with Gasteiger partial charge in [0.1, 0.15) is 5.78 Å². The lowest BCUT2D eigenvalue weighted by molar-refractivity contribution is -0.120. The molecule has 1 aliphatic carbocycles. The van der Waals surface area contributed by atoms with Crippen molar-refractivity contribution in [1.82, 2.24) is 10.3 Å². The second kappa shape index (κ2) is 6.62. The third-order valence-electron chi connectivity index (χ3n) is 4.04. The lowest BCUT2D eigenvalue weighted by Gasteiger charge is -2.36. The Balaban J connectivity index is 1.96. The number of pyridine rings is 1. The van der Waals surface area contributed by atoms with E-state index in [9.17, 15) is 4.79 Å². The smallest absolute Gasteiger partial charge is 0.139 e. The van der Waals surface area contributed by atoms with E-state index in [0.717, 1.165) is 22.9 Å². The van der Waals surface area contributed by atoms with E-state index in [0.29, 0.717) is 18.6 Å². The first-order valence-corrected chi connectivity index (χ1v) is 7.73. The molecule has 0 atom stereocenters. The normalized spacial score (nSPS) is 18.2. The van der Waals surface area contributed by atoms with E-state index < -0.39 is 0 Å². The molecule has 1 fully saturated rings. The Bertz CT molecular complexity index is 442. The van der Waals surface area contributed by atoms with E-state index in [1.165, 1.54) is 19.3 Å². The van der Waals surface area contributed by atoms with Gasteiger partial charge in [0.05, 0.1) is 0 Å². The molecule has 19 heavy (non-hydrogen) atoms. The molecule has 0 radical (unpaired) electrons. The average Bonchev–Trinajstić information content (AvgIpc) is 2.39. The maximum atomic E-state index is 12.3. The molecule has 0 unspecified atom stereocenters. The summed E-state index contributed by atoms with van der Waals surface area (Å²) in [5, 5.41) is 3.40. The number of halogens is 1. The first-order valence-electron chi connectivity index (χ1n) is 6.94. The minimum absolute atomic E-state index is 0.0365. The van der Waals surface area contributed by atoms with Crippen LogP contribution in [0.3, 0.4) is 0 Å². The minimum atomic E-state index is 0.0365. The van der Waals surface area contributed by atoms with Crippen LogP contribution in [0.25, 0.3) is 0 Å². The summed E-state index contributed by atoms with van der Waals surface area (Å²) < 4.78 is 0.929. The molecule has 0 spiro atoms. The first kappa shape index (κ1) is 14.7. The molecular weight excluding hydrogens is 304 g/mol. The van der Waals surface area contributed by atoms with Crippen molar-refractivity contribution in [3.05, 3.63) is 28.5 Å². The van der Waals surface area contributed by atoms with Crippen molar-refractivity contribution in [1.29, 1.82) is 0 Å². The SMILES string of the molecule is CNC1(CC(=O)Cc2cncc(Br)c2)CCCCC1. The predicted molar refractivity (Wildman–Crippen MR) is 80.1 cm³/mol. The fraction of sp³-hybridized carbons (Fsp3) is 0.600. The van der Waals surface area contributed by atoms with Gasteiger partial charge in [0.15, 0.2) is 0 Å². The maximum absolute atomic E-state index is 12.3. The Labute approximate surface area is 123 Å². The predicted octanol–water partition coefficient (Wildman–Crippen LogP) is 3.27. The number of hydrogen-bond donors (Lipinski definition) is 1. The number of nitrogens with zero attached hydrogens (tertiary/aromatic N) is 1. The van der Waals surface area contributed by atoms with E-state index in [1.807, 2.05) is 13.1 Å². The number of nitrogens with one attached hydrogen (secondary N) is 1. The van der Waals surface area contributed by atoms with Crippen molar-refractivity contribution >= 4 is 21.7 Å². The molecule has 1 aromatic heterocycles. The minimum Gasteiger partial charge on any atom is -0.314 e. The molecular formula is C15H21BrN2O. The van der Waals surface area contributed by atoms with Crippen LogP contribution < -0.4 is 5.32 Å². The summed E-state index contributed by atoms with van der Waals surface area (Å²) in [5.74, 6) is 0.302. The van der Waals surface area contributed by atoms with Crippen LogP contribution in [0.2, 0.25) is 0 Å². The Morgan fingerprint density at radius 2 is 2.11 bits per heavy atom. The average molecular weight is 325 g/mol. The van der Waals surface area contributed by atoms with Crippen molar-refractivity contribution in [2.45, 2.75) is 50.5 Å². The van der Waals surface area contributed by atoms with E-state index in [1.54, 1.807) is 12.4 Å². The van der Waals surface area contributed by atoms with Gasteiger partial charge in [0, 0.05) is 35.2 Å². The fourth-order valence-corrected chi connectivity index (χ4v) is 3.38. The number of rotatable bonds is 5. The molecule has 0 amide bonds. The highest BCUT2D eigenvalue weighted by Gasteiger charge is 2.32. The number of Topliss-reactive ketones (excluding diaryl/α,β-unsaturated/α-hetero) is 1. The summed E-state index contributed by atoms with van der Waals surface area (Å²) >= 11 is 3.39. The molecule has 0 saturated heterocycles. The third-order valence-corrected chi connectivity index (χ3v) is 4.47. The zero-order chi connectivity index (χ0) is 13.7. The highest BCUT2D eigenvalue weighted by molar-refractivity contribution is 9.10. The van der Waals surface area contributed by atoms with Gasteiger partial charge in [-0.3, -0.25) is 9.78 Å². The maximum Gasteiger partial charge on any atom is 0.139 e. The second-order valence-electron chi connectivity index (χ2n) is 5.49. The zero-order valence-corrected chi connectivity index (χ0v) is 13.0. The summed E-state index contributed by atoms with van der Waals surface area (Å²) in [6.45, 7) is 0. The number of aromatic nitrogens is 1. The first-order chi connectivity index (χ1) is 9.13. The highest BCUT2D eigenvalue weighted by atomic mass is 79.9. The fourth-order valence-electron chi connectivity index (χ4n) is 2.96. The summed E-state index contributed by atoms with van der Waals surface area (Å²) in [6.07, 6.45) is 10.6. The van der Waals surface area contributed by atoms with Gasteiger partial charge in [-0.2, -0.15) is 0 Å². The van der Waals surface area contributed by atoms with Crippen molar-refractivity contribution in [2.75, 3.05) is 7.05 Å². The molecule has 1 saturated carbocycles. The standard InChI is InChI=1S/C15H21BrN2O/c1-17-15(5-3-2-4-6-15)9-14(19)8-12-7-13(16)11-18-10-12/h7,10-11,17H,2-6,8-9H2,1H3. The van der Waals surface area contributed by atoms with Gasteiger partial charge in [-0.15, -0.1) is 0 Å². The van der Waals surface area contributed by atoms with Crippen LogP contribution in [-0.4, -0.2) is 23.4 Å². The van der Waals surface area contributed by atoms with Crippen molar-refractivity contribution in [2.24, 2.45) is 0 Å². The Kier molecular flexibility index (Phi) is 5.11. The van der Waals surface area contributed by atoms with Crippen molar-refractivity contribution in [3.8, 4) is 0 Å². The summed E-state index contributed by atoms with van der Waals surface area (Å²) in [4.78, 5) is 16.4. The van der Waals surface area contributed by atoms with Gasteiger partial charge in [0.2, 0.25) is 0 Å². The van der Waals surface area contributed by atoms with Crippen LogP contribution >= 0.6 is 15.9 Å². The van der Waals surface area contributed by atoms with Gasteiger partial charge < -0.3 is 5.32 Å². The largest absolute Gasteiger partial charge is 0.314 e. The van der Waals surface area contributed by atoms with Gasteiger partial charge in [-0.1, -0.05) is 19.3 Å². The molecule has 1 aliphatic rings. The molecule has 2 rings (SSSR count). The van der Waals surface area contributed by atoms with E-state index in [4.69, 9.17) is 0 Å². The van der Waals surface area contributed by atoms with Gasteiger partial charge in [0.25, 0.3) is 0 Å². The Hall–Kier alpha value is -0.740. The van der Waals surface area contributed by atoms with Gasteiger partial charge in [-0.25, -0.2) is 0 Å². The zero-order valence-electron chi connectivity index (χ0n) is 11.4. The lowest BCUT2D eigenvalue weighted by atomic mass is 9.78.